The molecule has 2 aliphatic heterocycles. The van der Waals surface area contributed by atoms with Crippen molar-refractivity contribution in [3.05, 3.63) is 53.9 Å². The molecule has 4 rings (SSSR count). The molecule has 2 aliphatic rings. The number of nitrogens with zero attached hydrogens (tertiary/aromatic N) is 4. The zero-order valence-electron chi connectivity index (χ0n) is 13.4. The second kappa shape index (κ2) is 6.26. The zero-order valence-corrected chi connectivity index (χ0v) is 13.4. The summed E-state index contributed by atoms with van der Waals surface area (Å²) in [6, 6.07) is 13.0. The van der Waals surface area contributed by atoms with Crippen LogP contribution in [-0.2, 0) is 11.3 Å². The van der Waals surface area contributed by atoms with Crippen LogP contribution >= 0.6 is 0 Å². The molecule has 2 fully saturated rings. The molecule has 2 atom stereocenters. The lowest BCUT2D eigenvalue weighted by molar-refractivity contribution is -0.0499. The SMILES string of the molecule is Cc1ccnc(N2C[C@@H]3OCCN(Cc4ccccc4)[C@@H]3C2)n1. The predicted octanol–water partition coefficient (Wildman–Crippen LogP) is 1.87. The number of hydrogen-bond donors (Lipinski definition) is 0. The van der Waals surface area contributed by atoms with Crippen molar-refractivity contribution >= 4 is 5.95 Å². The highest BCUT2D eigenvalue weighted by atomic mass is 16.5. The third-order valence-corrected chi connectivity index (χ3v) is 4.71. The van der Waals surface area contributed by atoms with Crippen LogP contribution < -0.4 is 4.90 Å². The molecule has 120 valence electrons. The Balaban J connectivity index is 1.50. The Morgan fingerprint density at radius 3 is 2.87 bits per heavy atom. The van der Waals surface area contributed by atoms with Gasteiger partial charge in [0.25, 0.3) is 0 Å². The van der Waals surface area contributed by atoms with Crippen LogP contribution in [0.3, 0.4) is 0 Å². The summed E-state index contributed by atoms with van der Waals surface area (Å²) < 4.78 is 6.01. The minimum absolute atomic E-state index is 0.247. The molecule has 0 amide bonds. The van der Waals surface area contributed by atoms with Gasteiger partial charge >= 0.3 is 0 Å². The van der Waals surface area contributed by atoms with E-state index in [1.807, 2.05) is 19.2 Å². The first-order valence-electron chi connectivity index (χ1n) is 8.24. The minimum atomic E-state index is 0.247. The topological polar surface area (TPSA) is 41.5 Å². The van der Waals surface area contributed by atoms with Crippen LogP contribution in [0.15, 0.2) is 42.6 Å². The average Bonchev–Trinajstić information content (AvgIpc) is 3.01. The van der Waals surface area contributed by atoms with Gasteiger partial charge < -0.3 is 9.64 Å². The highest BCUT2D eigenvalue weighted by Crippen LogP contribution is 2.26. The maximum atomic E-state index is 6.01. The molecule has 0 unspecified atom stereocenters. The molecule has 0 spiro atoms. The predicted molar refractivity (Wildman–Crippen MR) is 89.4 cm³/mol. The van der Waals surface area contributed by atoms with Crippen LogP contribution in [0.1, 0.15) is 11.3 Å². The Bertz CT molecular complexity index is 663. The van der Waals surface area contributed by atoms with Crippen molar-refractivity contribution < 1.29 is 4.74 Å². The van der Waals surface area contributed by atoms with E-state index in [4.69, 9.17) is 4.74 Å². The maximum Gasteiger partial charge on any atom is 0.225 e. The average molecular weight is 310 g/mol. The van der Waals surface area contributed by atoms with Crippen LogP contribution in [-0.4, -0.2) is 53.3 Å². The number of benzene rings is 1. The first kappa shape index (κ1) is 14.6. The summed E-state index contributed by atoms with van der Waals surface area (Å²) in [6.45, 7) is 6.58. The van der Waals surface area contributed by atoms with E-state index in [0.717, 1.165) is 44.4 Å². The van der Waals surface area contributed by atoms with E-state index in [-0.39, 0.29) is 6.10 Å². The molecule has 1 aromatic carbocycles. The first-order valence-corrected chi connectivity index (χ1v) is 8.24. The van der Waals surface area contributed by atoms with Gasteiger partial charge in [0.15, 0.2) is 0 Å². The normalized spacial score (nSPS) is 24.7. The van der Waals surface area contributed by atoms with E-state index in [1.54, 1.807) is 0 Å². The lowest BCUT2D eigenvalue weighted by Gasteiger charge is -2.36. The van der Waals surface area contributed by atoms with Gasteiger partial charge in [-0.2, -0.15) is 0 Å². The second-order valence-electron chi connectivity index (χ2n) is 6.34. The standard InChI is InChI=1S/C18H22N4O/c1-14-7-8-19-18(20-14)22-12-16-17(13-22)23-10-9-21(16)11-15-5-3-2-4-6-15/h2-8,16-17H,9-13H2,1H3/t16-,17+/m1/s1. The van der Waals surface area contributed by atoms with Crippen LogP contribution in [0.4, 0.5) is 5.95 Å². The lowest BCUT2D eigenvalue weighted by atomic mass is 10.1. The summed E-state index contributed by atoms with van der Waals surface area (Å²) in [4.78, 5) is 13.8. The maximum absolute atomic E-state index is 6.01. The van der Waals surface area contributed by atoms with Gasteiger partial charge in [-0.3, -0.25) is 4.90 Å². The number of anilines is 1. The quantitative estimate of drug-likeness (QED) is 0.866. The highest BCUT2D eigenvalue weighted by Gasteiger charge is 2.40. The van der Waals surface area contributed by atoms with E-state index in [2.05, 4.69) is 50.1 Å². The molecule has 23 heavy (non-hydrogen) atoms. The number of hydrogen-bond acceptors (Lipinski definition) is 5. The summed E-state index contributed by atoms with van der Waals surface area (Å²) in [5.41, 5.74) is 2.37. The van der Waals surface area contributed by atoms with Crippen molar-refractivity contribution in [3.8, 4) is 0 Å². The summed E-state index contributed by atoms with van der Waals surface area (Å²) in [6.07, 6.45) is 2.08. The molecule has 0 bridgehead atoms. The van der Waals surface area contributed by atoms with Crippen molar-refractivity contribution in [1.29, 1.82) is 0 Å². The fourth-order valence-electron chi connectivity index (χ4n) is 3.52. The Morgan fingerprint density at radius 2 is 2.04 bits per heavy atom. The number of morpholine rings is 1. The summed E-state index contributed by atoms with van der Waals surface area (Å²) in [5.74, 6) is 0.822. The lowest BCUT2D eigenvalue weighted by Crippen LogP contribution is -2.50. The van der Waals surface area contributed by atoms with Gasteiger partial charge in [0.05, 0.1) is 18.8 Å². The summed E-state index contributed by atoms with van der Waals surface area (Å²) in [5, 5.41) is 0. The van der Waals surface area contributed by atoms with Gasteiger partial charge in [0.2, 0.25) is 5.95 Å². The molecule has 0 saturated carbocycles. The van der Waals surface area contributed by atoms with Crippen molar-refractivity contribution in [3.63, 3.8) is 0 Å². The fraction of sp³-hybridized carbons (Fsp3) is 0.444. The van der Waals surface area contributed by atoms with Gasteiger partial charge in [-0.15, -0.1) is 0 Å². The Morgan fingerprint density at radius 1 is 1.17 bits per heavy atom. The number of rotatable bonds is 3. The van der Waals surface area contributed by atoms with E-state index in [0.29, 0.717) is 6.04 Å². The van der Waals surface area contributed by atoms with Gasteiger partial charge in [0, 0.05) is 38.1 Å². The molecule has 5 nitrogen and oxygen atoms in total. The van der Waals surface area contributed by atoms with Gasteiger partial charge in [-0.05, 0) is 18.6 Å². The first-order chi connectivity index (χ1) is 11.3. The third kappa shape index (κ3) is 3.07. The Hall–Kier alpha value is -1.98. The molecule has 5 heteroatoms. The van der Waals surface area contributed by atoms with Crippen LogP contribution in [0.25, 0.3) is 0 Å². The van der Waals surface area contributed by atoms with Gasteiger partial charge in [-0.1, -0.05) is 30.3 Å². The molecule has 2 saturated heterocycles. The van der Waals surface area contributed by atoms with Crippen LogP contribution in [0, 0.1) is 6.92 Å². The van der Waals surface area contributed by atoms with E-state index in [9.17, 15) is 0 Å². The summed E-state index contributed by atoms with van der Waals surface area (Å²) in [7, 11) is 0. The largest absolute Gasteiger partial charge is 0.373 e. The molecular weight excluding hydrogens is 288 g/mol. The Kier molecular flexibility index (Phi) is 3.97. The highest BCUT2D eigenvalue weighted by molar-refractivity contribution is 5.34. The molecule has 3 heterocycles. The number of ether oxygens (including phenoxy) is 1. The zero-order chi connectivity index (χ0) is 15.6. The molecular formula is C18H22N4O. The van der Waals surface area contributed by atoms with E-state index < -0.39 is 0 Å². The molecule has 0 N–H and O–H groups in total. The van der Waals surface area contributed by atoms with Crippen molar-refractivity contribution in [1.82, 2.24) is 14.9 Å². The molecule has 0 radical (unpaired) electrons. The Labute approximate surface area is 136 Å². The number of aromatic nitrogens is 2. The number of fused-ring (bicyclic) bond motifs is 1. The fourth-order valence-corrected chi connectivity index (χ4v) is 3.52. The van der Waals surface area contributed by atoms with Crippen molar-refractivity contribution in [2.75, 3.05) is 31.1 Å². The molecule has 0 aliphatic carbocycles. The van der Waals surface area contributed by atoms with E-state index >= 15 is 0 Å². The number of aryl methyl sites for hydroxylation is 1. The third-order valence-electron chi connectivity index (χ3n) is 4.71. The monoisotopic (exact) mass is 310 g/mol. The minimum Gasteiger partial charge on any atom is -0.373 e. The van der Waals surface area contributed by atoms with Crippen molar-refractivity contribution in [2.45, 2.75) is 25.6 Å². The van der Waals surface area contributed by atoms with Crippen LogP contribution in [0.2, 0.25) is 0 Å². The summed E-state index contributed by atoms with van der Waals surface area (Å²) >= 11 is 0. The van der Waals surface area contributed by atoms with Gasteiger partial charge in [0.1, 0.15) is 0 Å². The second-order valence-corrected chi connectivity index (χ2v) is 6.34. The molecule has 1 aromatic heterocycles. The smallest absolute Gasteiger partial charge is 0.225 e. The van der Waals surface area contributed by atoms with E-state index in [1.165, 1.54) is 5.56 Å². The van der Waals surface area contributed by atoms with Crippen LogP contribution in [0.5, 0.6) is 0 Å². The van der Waals surface area contributed by atoms with Crippen molar-refractivity contribution in [2.24, 2.45) is 0 Å². The van der Waals surface area contributed by atoms with Gasteiger partial charge in [-0.25, -0.2) is 9.97 Å². The molecule has 2 aromatic rings.